The lowest BCUT2D eigenvalue weighted by Crippen LogP contribution is -2.51. The second kappa shape index (κ2) is 2.58. The van der Waals surface area contributed by atoms with E-state index >= 15 is 0 Å². The zero-order valence-corrected chi connectivity index (χ0v) is 7.84. The molecule has 1 aliphatic carbocycles. The van der Waals surface area contributed by atoms with Crippen LogP contribution >= 0.6 is 0 Å². The lowest BCUT2D eigenvalue weighted by Gasteiger charge is -2.47. The Kier molecular flexibility index (Phi) is 1.50. The van der Waals surface area contributed by atoms with Crippen LogP contribution in [0.3, 0.4) is 0 Å². The van der Waals surface area contributed by atoms with Gasteiger partial charge < -0.3 is 5.32 Å². The monoisotopic (exact) mass is 173 g/mol. The summed E-state index contributed by atoms with van der Waals surface area (Å²) in [6.07, 6.45) is 5.27. The van der Waals surface area contributed by atoms with Crippen molar-refractivity contribution in [1.29, 1.82) is 0 Å². The first-order valence-corrected chi connectivity index (χ1v) is 5.24. The molecule has 1 fully saturated rings. The Morgan fingerprint density at radius 2 is 2.00 bits per heavy atom. The second-order valence-electron chi connectivity index (χ2n) is 4.27. The van der Waals surface area contributed by atoms with Gasteiger partial charge in [-0.25, -0.2) is 0 Å². The molecule has 0 radical (unpaired) electrons. The molecule has 0 unspecified atom stereocenters. The lowest BCUT2D eigenvalue weighted by atomic mass is 9.68. The van der Waals surface area contributed by atoms with Gasteiger partial charge in [-0.1, -0.05) is 24.3 Å². The van der Waals surface area contributed by atoms with E-state index in [1.165, 1.54) is 25.7 Å². The quantitative estimate of drug-likeness (QED) is 0.634. The van der Waals surface area contributed by atoms with Crippen molar-refractivity contribution in [3.05, 3.63) is 35.4 Å². The molecule has 1 spiro atoms. The van der Waals surface area contributed by atoms with E-state index in [-0.39, 0.29) is 0 Å². The van der Waals surface area contributed by atoms with E-state index in [1.807, 2.05) is 0 Å². The number of rotatable bonds is 0. The van der Waals surface area contributed by atoms with Crippen molar-refractivity contribution in [3.8, 4) is 0 Å². The summed E-state index contributed by atoms with van der Waals surface area (Å²) in [5.74, 6) is 0. The summed E-state index contributed by atoms with van der Waals surface area (Å²) >= 11 is 0. The third-order valence-electron chi connectivity index (χ3n) is 3.60. The van der Waals surface area contributed by atoms with Crippen molar-refractivity contribution in [2.75, 3.05) is 6.54 Å². The van der Waals surface area contributed by atoms with E-state index in [4.69, 9.17) is 0 Å². The van der Waals surface area contributed by atoms with Gasteiger partial charge >= 0.3 is 0 Å². The van der Waals surface area contributed by atoms with Gasteiger partial charge in [0.1, 0.15) is 0 Å². The van der Waals surface area contributed by atoms with Crippen LogP contribution in [0.1, 0.15) is 30.4 Å². The molecule has 13 heavy (non-hydrogen) atoms. The maximum atomic E-state index is 3.69. The second-order valence-corrected chi connectivity index (χ2v) is 4.27. The molecule has 1 heterocycles. The highest BCUT2D eigenvalue weighted by molar-refractivity contribution is 5.37. The van der Waals surface area contributed by atoms with Crippen LogP contribution in [0.25, 0.3) is 0 Å². The summed E-state index contributed by atoms with van der Waals surface area (Å²) in [5, 5.41) is 3.69. The first-order valence-electron chi connectivity index (χ1n) is 5.24. The average molecular weight is 173 g/mol. The third kappa shape index (κ3) is 0.969. The zero-order valence-electron chi connectivity index (χ0n) is 7.84. The van der Waals surface area contributed by atoms with E-state index < -0.39 is 0 Å². The van der Waals surface area contributed by atoms with E-state index in [0.29, 0.717) is 5.54 Å². The van der Waals surface area contributed by atoms with Crippen LogP contribution in [0.5, 0.6) is 0 Å². The number of fused-ring (bicyclic) bond motifs is 2. The highest BCUT2D eigenvalue weighted by atomic mass is 15.0. The molecule has 0 bridgehead atoms. The number of hydrogen-bond donors (Lipinski definition) is 1. The van der Waals surface area contributed by atoms with Crippen molar-refractivity contribution in [1.82, 2.24) is 5.32 Å². The minimum atomic E-state index is 0.384. The van der Waals surface area contributed by atoms with Gasteiger partial charge in [0.05, 0.1) is 0 Å². The average Bonchev–Trinajstić information content (AvgIpc) is 2.14. The fourth-order valence-electron chi connectivity index (χ4n) is 2.71. The predicted octanol–water partition coefficient (Wildman–Crippen LogP) is 2.21. The van der Waals surface area contributed by atoms with Gasteiger partial charge in [0, 0.05) is 12.1 Å². The maximum absolute atomic E-state index is 3.69. The Bertz CT molecular complexity index is 326. The summed E-state index contributed by atoms with van der Waals surface area (Å²) in [6, 6.07) is 8.93. The van der Waals surface area contributed by atoms with Crippen molar-refractivity contribution in [2.24, 2.45) is 0 Å². The summed E-state index contributed by atoms with van der Waals surface area (Å²) in [5.41, 5.74) is 3.53. The number of benzene rings is 1. The first-order chi connectivity index (χ1) is 6.41. The number of nitrogens with one attached hydrogen (secondary N) is 1. The van der Waals surface area contributed by atoms with Crippen LogP contribution in [0.15, 0.2) is 24.3 Å². The molecule has 1 saturated carbocycles. The van der Waals surface area contributed by atoms with Gasteiger partial charge in [0.25, 0.3) is 0 Å². The van der Waals surface area contributed by atoms with Crippen LogP contribution in [0.4, 0.5) is 0 Å². The SMILES string of the molecule is c1ccc2c(c1)CCNC21CCC1. The molecule has 1 aromatic rings. The third-order valence-corrected chi connectivity index (χ3v) is 3.60. The largest absolute Gasteiger partial charge is 0.307 e. The highest BCUT2D eigenvalue weighted by Gasteiger charge is 2.40. The first kappa shape index (κ1) is 7.57. The van der Waals surface area contributed by atoms with Crippen molar-refractivity contribution >= 4 is 0 Å². The van der Waals surface area contributed by atoms with Crippen LogP contribution < -0.4 is 5.32 Å². The Labute approximate surface area is 79.2 Å². The predicted molar refractivity (Wildman–Crippen MR) is 53.7 cm³/mol. The Balaban J connectivity index is 2.11. The van der Waals surface area contributed by atoms with Crippen LogP contribution in [0, 0.1) is 0 Å². The highest BCUT2D eigenvalue weighted by Crippen LogP contribution is 2.44. The molecule has 1 aromatic carbocycles. The van der Waals surface area contributed by atoms with Crippen LogP contribution in [-0.2, 0) is 12.0 Å². The molecule has 1 heteroatoms. The molecule has 1 aliphatic heterocycles. The Hall–Kier alpha value is -0.820. The van der Waals surface area contributed by atoms with Gasteiger partial charge in [-0.05, 0) is 36.8 Å². The molecule has 0 amide bonds. The Morgan fingerprint density at radius 1 is 1.15 bits per heavy atom. The standard InChI is InChI=1S/C12H15N/c1-2-5-11-10(4-1)6-9-13-12(11)7-3-8-12/h1-2,4-5,13H,3,6-9H2. The van der Waals surface area contributed by atoms with E-state index in [2.05, 4.69) is 29.6 Å². The number of hydrogen-bond acceptors (Lipinski definition) is 1. The van der Waals surface area contributed by atoms with E-state index in [9.17, 15) is 0 Å². The molecule has 0 aromatic heterocycles. The minimum Gasteiger partial charge on any atom is -0.307 e. The molecule has 1 N–H and O–H groups in total. The molecule has 0 saturated heterocycles. The van der Waals surface area contributed by atoms with Gasteiger partial charge in [0.2, 0.25) is 0 Å². The molecule has 3 rings (SSSR count). The molecule has 2 aliphatic rings. The molecule has 1 nitrogen and oxygen atoms in total. The summed E-state index contributed by atoms with van der Waals surface area (Å²) < 4.78 is 0. The van der Waals surface area contributed by atoms with Crippen molar-refractivity contribution in [2.45, 2.75) is 31.2 Å². The zero-order chi connectivity index (χ0) is 8.73. The normalized spacial score (nSPS) is 23.7. The van der Waals surface area contributed by atoms with E-state index in [1.54, 1.807) is 11.1 Å². The van der Waals surface area contributed by atoms with Gasteiger partial charge in [-0.2, -0.15) is 0 Å². The van der Waals surface area contributed by atoms with Gasteiger partial charge in [0.15, 0.2) is 0 Å². The Morgan fingerprint density at radius 3 is 2.77 bits per heavy atom. The molecule has 0 atom stereocenters. The van der Waals surface area contributed by atoms with Crippen molar-refractivity contribution < 1.29 is 0 Å². The summed E-state index contributed by atoms with van der Waals surface area (Å²) in [6.45, 7) is 1.16. The molecule has 68 valence electrons. The molecular weight excluding hydrogens is 158 g/mol. The van der Waals surface area contributed by atoms with Crippen molar-refractivity contribution in [3.63, 3.8) is 0 Å². The van der Waals surface area contributed by atoms with E-state index in [0.717, 1.165) is 6.54 Å². The fourth-order valence-corrected chi connectivity index (χ4v) is 2.71. The minimum absolute atomic E-state index is 0.384. The van der Waals surface area contributed by atoms with Gasteiger partial charge in [-0.3, -0.25) is 0 Å². The van der Waals surface area contributed by atoms with Crippen LogP contribution in [0.2, 0.25) is 0 Å². The fraction of sp³-hybridized carbons (Fsp3) is 0.500. The van der Waals surface area contributed by atoms with Crippen LogP contribution in [-0.4, -0.2) is 6.54 Å². The molecular formula is C12H15N. The van der Waals surface area contributed by atoms with Gasteiger partial charge in [-0.15, -0.1) is 0 Å². The summed E-state index contributed by atoms with van der Waals surface area (Å²) in [7, 11) is 0. The maximum Gasteiger partial charge on any atom is 0.0437 e. The smallest absolute Gasteiger partial charge is 0.0437 e. The topological polar surface area (TPSA) is 12.0 Å². The summed E-state index contributed by atoms with van der Waals surface area (Å²) in [4.78, 5) is 0. The lowest BCUT2D eigenvalue weighted by molar-refractivity contribution is 0.176.